The number of aliphatic hydroxyl groups is 1. The number of rotatable bonds is 5. The van der Waals surface area contributed by atoms with Crippen molar-refractivity contribution < 1.29 is 23.1 Å². The lowest BCUT2D eigenvalue weighted by molar-refractivity contribution is -0.138. The summed E-state index contributed by atoms with van der Waals surface area (Å²) in [5, 5.41) is 12.0. The zero-order valence-corrected chi connectivity index (χ0v) is 13.4. The van der Waals surface area contributed by atoms with Crippen molar-refractivity contribution in [2.75, 3.05) is 0 Å². The standard InChI is InChI=1S/C19H18F3NO2/c20-19(21,22)17-8-4-3-7-14(17)15-9-16(15)18(25)23-10-12-5-1-2-6-13(12)11-24/h1-8,15-16,24H,9-11H2,(H,23,25). The molecule has 3 rings (SSSR count). The molecule has 0 aromatic heterocycles. The average molecular weight is 349 g/mol. The minimum Gasteiger partial charge on any atom is -0.392 e. The van der Waals surface area contributed by atoms with Crippen molar-refractivity contribution in [2.45, 2.75) is 31.7 Å². The van der Waals surface area contributed by atoms with E-state index >= 15 is 0 Å². The Morgan fingerprint density at radius 3 is 2.40 bits per heavy atom. The maximum absolute atomic E-state index is 13.1. The highest BCUT2D eigenvalue weighted by atomic mass is 19.4. The summed E-state index contributed by atoms with van der Waals surface area (Å²) in [6, 6.07) is 12.6. The Kier molecular flexibility index (Phi) is 4.81. The van der Waals surface area contributed by atoms with E-state index in [9.17, 15) is 23.1 Å². The number of alkyl halides is 3. The van der Waals surface area contributed by atoms with Crippen LogP contribution in [0.25, 0.3) is 0 Å². The number of benzene rings is 2. The second-order valence-electron chi connectivity index (χ2n) is 6.18. The lowest BCUT2D eigenvalue weighted by Crippen LogP contribution is -2.25. The van der Waals surface area contributed by atoms with Crippen molar-refractivity contribution in [1.29, 1.82) is 0 Å². The number of aliphatic hydroxyl groups excluding tert-OH is 1. The van der Waals surface area contributed by atoms with Crippen molar-refractivity contribution in [3.8, 4) is 0 Å². The molecule has 2 aromatic carbocycles. The van der Waals surface area contributed by atoms with E-state index < -0.39 is 23.6 Å². The first-order valence-electron chi connectivity index (χ1n) is 8.03. The largest absolute Gasteiger partial charge is 0.416 e. The molecule has 2 atom stereocenters. The van der Waals surface area contributed by atoms with Crippen molar-refractivity contribution in [2.24, 2.45) is 5.92 Å². The Morgan fingerprint density at radius 2 is 1.72 bits per heavy atom. The molecule has 1 saturated carbocycles. The Balaban J connectivity index is 1.65. The summed E-state index contributed by atoms with van der Waals surface area (Å²) >= 11 is 0. The number of carbonyl (C=O) groups excluding carboxylic acids is 1. The first-order valence-corrected chi connectivity index (χ1v) is 8.03. The third kappa shape index (κ3) is 3.85. The molecule has 2 N–H and O–H groups in total. The quantitative estimate of drug-likeness (QED) is 0.866. The second-order valence-corrected chi connectivity index (χ2v) is 6.18. The minimum absolute atomic E-state index is 0.128. The molecule has 132 valence electrons. The van der Waals surface area contributed by atoms with Gasteiger partial charge in [-0.3, -0.25) is 4.79 Å². The van der Waals surface area contributed by atoms with Gasteiger partial charge < -0.3 is 10.4 Å². The smallest absolute Gasteiger partial charge is 0.392 e. The number of hydrogen-bond acceptors (Lipinski definition) is 2. The molecule has 0 aliphatic heterocycles. The van der Waals surface area contributed by atoms with E-state index in [-0.39, 0.29) is 24.6 Å². The second kappa shape index (κ2) is 6.88. The summed E-state index contributed by atoms with van der Waals surface area (Å²) in [6.07, 6.45) is -4.00. The van der Waals surface area contributed by atoms with Gasteiger partial charge in [-0.05, 0) is 35.1 Å². The molecule has 0 spiro atoms. The van der Waals surface area contributed by atoms with Gasteiger partial charge in [0.1, 0.15) is 0 Å². The molecular formula is C19H18F3NO2. The van der Waals surface area contributed by atoms with Crippen LogP contribution in [0, 0.1) is 5.92 Å². The SMILES string of the molecule is O=C(NCc1ccccc1CO)C1CC1c1ccccc1C(F)(F)F. The first-order chi connectivity index (χ1) is 11.9. The fourth-order valence-electron chi connectivity index (χ4n) is 3.10. The van der Waals surface area contributed by atoms with Crippen molar-refractivity contribution in [3.63, 3.8) is 0 Å². The van der Waals surface area contributed by atoms with E-state index in [0.29, 0.717) is 6.42 Å². The molecule has 2 unspecified atom stereocenters. The highest BCUT2D eigenvalue weighted by Crippen LogP contribution is 2.51. The molecular weight excluding hydrogens is 331 g/mol. The van der Waals surface area contributed by atoms with Gasteiger partial charge in [0.2, 0.25) is 5.91 Å². The number of amides is 1. The molecule has 0 heterocycles. The summed E-state index contributed by atoms with van der Waals surface area (Å²) in [7, 11) is 0. The molecule has 3 nitrogen and oxygen atoms in total. The van der Waals surface area contributed by atoms with E-state index in [0.717, 1.165) is 17.2 Å². The molecule has 0 radical (unpaired) electrons. The van der Waals surface area contributed by atoms with Crippen LogP contribution in [-0.2, 0) is 24.1 Å². The maximum atomic E-state index is 13.1. The number of hydrogen-bond donors (Lipinski definition) is 2. The first kappa shape index (κ1) is 17.5. The summed E-state index contributed by atoms with van der Waals surface area (Å²) in [5.41, 5.74) is 1.04. The average Bonchev–Trinajstić information content (AvgIpc) is 3.40. The van der Waals surface area contributed by atoms with Crippen LogP contribution < -0.4 is 5.32 Å². The van der Waals surface area contributed by atoms with E-state index in [4.69, 9.17) is 0 Å². The van der Waals surface area contributed by atoms with Gasteiger partial charge >= 0.3 is 6.18 Å². The normalized spacial score (nSPS) is 19.5. The summed E-state index contributed by atoms with van der Waals surface area (Å²) in [5.74, 6) is -1.09. The number of halogens is 3. The van der Waals surface area contributed by atoms with Crippen LogP contribution in [0.5, 0.6) is 0 Å². The van der Waals surface area contributed by atoms with Gasteiger partial charge in [-0.1, -0.05) is 42.5 Å². The lowest BCUT2D eigenvalue weighted by atomic mass is 10.0. The highest BCUT2D eigenvalue weighted by Gasteiger charge is 2.47. The fourth-order valence-corrected chi connectivity index (χ4v) is 3.10. The van der Waals surface area contributed by atoms with Crippen LogP contribution in [0.1, 0.15) is 34.6 Å². The van der Waals surface area contributed by atoms with Gasteiger partial charge in [0.05, 0.1) is 12.2 Å². The van der Waals surface area contributed by atoms with E-state index in [2.05, 4.69) is 5.32 Å². The topological polar surface area (TPSA) is 49.3 Å². The predicted octanol–water partition coefficient (Wildman–Crippen LogP) is 3.62. The number of nitrogens with one attached hydrogen (secondary N) is 1. The third-order valence-corrected chi connectivity index (χ3v) is 4.53. The summed E-state index contributed by atoms with van der Waals surface area (Å²) in [4.78, 5) is 12.3. The van der Waals surface area contributed by atoms with E-state index in [1.165, 1.54) is 12.1 Å². The van der Waals surface area contributed by atoms with E-state index in [1.807, 2.05) is 0 Å². The van der Waals surface area contributed by atoms with Gasteiger partial charge in [-0.15, -0.1) is 0 Å². The fraction of sp³-hybridized carbons (Fsp3) is 0.316. The Hall–Kier alpha value is -2.34. The van der Waals surface area contributed by atoms with Crippen LogP contribution in [0.3, 0.4) is 0 Å². The van der Waals surface area contributed by atoms with E-state index in [1.54, 1.807) is 30.3 Å². The zero-order chi connectivity index (χ0) is 18.0. The molecule has 1 fully saturated rings. The van der Waals surface area contributed by atoms with Gasteiger partial charge in [0.25, 0.3) is 0 Å². The van der Waals surface area contributed by atoms with Crippen LogP contribution in [0.2, 0.25) is 0 Å². The molecule has 0 bridgehead atoms. The summed E-state index contributed by atoms with van der Waals surface area (Å²) in [6.45, 7) is 0.122. The summed E-state index contributed by atoms with van der Waals surface area (Å²) < 4.78 is 39.3. The minimum atomic E-state index is -4.42. The highest BCUT2D eigenvalue weighted by molar-refractivity contribution is 5.83. The van der Waals surface area contributed by atoms with Crippen LogP contribution >= 0.6 is 0 Å². The molecule has 0 saturated heterocycles. The monoisotopic (exact) mass is 349 g/mol. The predicted molar refractivity (Wildman–Crippen MR) is 86.5 cm³/mol. The lowest BCUT2D eigenvalue weighted by Gasteiger charge is -2.13. The Morgan fingerprint density at radius 1 is 1.08 bits per heavy atom. The Bertz CT molecular complexity index is 773. The molecule has 1 aliphatic rings. The maximum Gasteiger partial charge on any atom is 0.416 e. The van der Waals surface area contributed by atoms with Gasteiger partial charge in [-0.25, -0.2) is 0 Å². The number of carbonyl (C=O) groups is 1. The van der Waals surface area contributed by atoms with Crippen molar-refractivity contribution in [3.05, 3.63) is 70.8 Å². The molecule has 2 aromatic rings. The van der Waals surface area contributed by atoms with Gasteiger partial charge in [0, 0.05) is 12.5 Å². The van der Waals surface area contributed by atoms with Crippen LogP contribution in [-0.4, -0.2) is 11.0 Å². The molecule has 25 heavy (non-hydrogen) atoms. The molecule has 1 amide bonds. The van der Waals surface area contributed by atoms with Crippen LogP contribution in [0.4, 0.5) is 13.2 Å². The van der Waals surface area contributed by atoms with Crippen molar-refractivity contribution >= 4 is 5.91 Å². The van der Waals surface area contributed by atoms with Crippen molar-refractivity contribution in [1.82, 2.24) is 5.32 Å². The van der Waals surface area contributed by atoms with Gasteiger partial charge in [-0.2, -0.15) is 13.2 Å². The molecule has 6 heteroatoms. The van der Waals surface area contributed by atoms with Gasteiger partial charge in [0.15, 0.2) is 0 Å². The Labute approximate surface area is 143 Å². The third-order valence-electron chi connectivity index (χ3n) is 4.53. The zero-order valence-electron chi connectivity index (χ0n) is 13.4. The molecule has 1 aliphatic carbocycles. The van der Waals surface area contributed by atoms with Crippen LogP contribution in [0.15, 0.2) is 48.5 Å².